The largest absolute Gasteiger partial charge is 0.481 e. The molecule has 0 radical (unpaired) electrons. The molecule has 1 N–H and O–H groups in total. The van der Waals surface area contributed by atoms with E-state index in [0.717, 1.165) is 0 Å². The third kappa shape index (κ3) is 1.39. The number of rotatable bonds is 2. The normalized spacial score (nSPS) is 20.6. The van der Waals surface area contributed by atoms with Gasteiger partial charge < -0.3 is 5.11 Å². The number of aliphatic carboxylic acids is 1. The van der Waals surface area contributed by atoms with E-state index in [1.807, 2.05) is 20.8 Å². The molecule has 0 fully saturated rings. The number of carbonyl (C=O) groups is 1. The summed E-state index contributed by atoms with van der Waals surface area (Å²) in [7, 11) is 0. The van der Waals surface area contributed by atoms with Crippen molar-refractivity contribution in [2.24, 2.45) is 5.41 Å². The van der Waals surface area contributed by atoms with Crippen molar-refractivity contribution in [3.8, 4) is 0 Å². The Morgan fingerprint density at radius 3 is 1.79 bits per heavy atom. The van der Waals surface area contributed by atoms with Crippen LogP contribution >= 0.6 is 0 Å². The van der Waals surface area contributed by atoms with E-state index in [1.165, 1.54) is 22.3 Å². The van der Waals surface area contributed by atoms with Gasteiger partial charge in [-0.05, 0) is 38.8 Å². The molecule has 78 valence electrons. The summed E-state index contributed by atoms with van der Waals surface area (Å²) in [5.74, 6) is -0.728. The van der Waals surface area contributed by atoms with Crippen LogP contribution in [0.25, 0.3) is 0 Å². The van der Waals surface area contributed by atoms with E-state index in [9.17, 15) is 4.79 Å². The Hall–Kier alpha value is -1.05. The quantitative estimate of drug-likeness (QED) is 0.733. The molecule has 0 aromatic rings. The van der Waals surface area contributed by atoms with Crippen molar-refractivity contribution in [1.82, 2.24) is 0 Å². The lowest BCUT2D eigenvalue weighted by Crippen LogP contribution is -2.21. The van der Waals surface area contributed by atoms with Gasteiger partial charge in [0.2, 0.25) is 0 Å². The van der Waals surface area contributed by atoms with E-state index in [4.69, 9.17) is 5.11 Å². The summed E-state index contributed by atoms with van der Waals surface area (Å²) in [4.78, 5) is 10.8. The Morgan fingerprint density at radius 1 is 1.14 bits per heavy atom. The van der Waals surface area contributed by atoms with Crippen LogP contribution in [0.4, 0.5) is 0 Å². The zero-order chi connectivity index (χ0) is 11.1. The van der Waals surface area contributed by atoms with E-state index in [1.54, 1.807) is 0 Å². The molecule has 0 aromatic heterocycles. The zero-order valence-electron chi connectivity index (χ0n) is 9.56. The second kappa shape index (κ2) is 3.26. The highest BCUT2D eigenvalue weighted by atomic mass is 16.4. The fraction of sp³-hybridized carbons (Fsp3) is 0.583. The molecule has 0 atom stereocenters. The SMILES string of the molecule is CC1=C(C)C(C)(CC(=O)O)C(C)=C1C. The number of carboxylic acids is 1. The zero-order valence-corrected chi connectivity index (χ0v) is 9.56. The molecule has 1 rings (SSSR count). The Labute approximate surface area is 85.3 Å². The minimum atomic E-state index is -0.728. The molecule has 0 saturated heterocycles. The van der Waals surface area contributed by atoms with E-state index >= 15 is 0 Å². The van der Waals surface area contributed by atoms with Crippen molar-refractivity contribution < 1.29 is 9.90 Å². The summed E-state index contributed by atoms with van der Waals surface area (Å²) in [6, 6.07) is 0. The molecule has 0 saturated carbocycles. The fourth-order valence-corrected chi connectivity index (χ4v) is 2.24. The van der Waals surface area contributed by atoms with Crippen LogP contribution in [0.3, 0.4) is 0 Å². The summed E-state index contributed by atoms with van der Waals surface area (Å²) in [6.45, 7) is 10.2. The lowest BCUT2D eigenvalue weighted by molar-refractivity contribution is -0.138. The van der Waals surface area contributed by atoms with Crippen molar-refractivity contribution >= 4 is 5.97 Å². The first kappa shape index (κ1) is 11.0. The Bertz CT molecular complexity index is 321. The second-order valence-electron chi connectivity index (χ2n) is 4.40. The minimum absolute atomic E-state index is 0.194. The Kier molecular flexibility index (Phi) is 2.57. The van der Waals surface area contributed by atoms with Gasteiger partial charge >= 0.3 is 5.97 Å². The highest BCUT2D eigenvalue weighted by Crippen LogP contribution is 2.48. The van der Waals surface area contributed by atoms with Gasteiger partial charge in [0, 0.05) is 5.41 Å². The Morgan fingerprint density at radius 2 is 1.50 bits per heavy atom. The maximum atomic E-state index is 10.8. The van der Waals surface area contributed by atoms with E-state index in [-0.39, 0.29) is 11.8 Å². The summed E-state index contributed by atoms with van der Waals surface area (Å²) in [5, 5.41) is 8.90. The monoisotopic (exact) mass is 194 g/mol. The molecule has 0 bridgehead atoms. The van der Waals surface area contributed by atoms with Crippen LogP contribution in [0.1, 0.15) is 41.0 Å². The van der Waals surface area contributed by atoms with Gasteiger partial charge in [0.05, 0.1) is 6.42 Å². The van der Waals surface area contributed by atoms with Crippen LogP contribution < -0.4 is 0 Å². The van der Waals surface area contributed by atoms with Crippen LogP contribution in [-0.2, 0) is 4.79 Å². The average molecular weight is 194 g/mol. The van der Waals surface area contributed by atoms with Crippen molar-refractivity contribution in [3.63, 3.8) is 0 Å². The topological polar surface area (TPSA) is 37.3 Å². The standard InChI is InChI=1S/C12H18O2/c1-7-8(2)10(4)12(5,9(7)3)6-11(13)14/h6H2,1-5H3,(H,13,14). The molecule has 0 unspecified atom stereocenters. The van der Waals surface area contributed by atoms with Gasteiger partial charge in [-0.15, -0.1) is 0 Å². The van der Waals surface area contributed by atoms with Crippen LogP contribution in [0.2, 0.25) is 0 Å². The van der Waals surface area contributed by atoms with Crippen molar-refractivity contribution in [1.29, 1.82) is 0 Å². The molecule has 1 aliphatic carbocycles. The maximum Gasteiger partial charge on any atom is 0.304 e. The molecule has 0 heterocycles. The smallest absolute Gasteiger partial charge is 0.304 e. The first-order valence-corrected chi connectivity index (χ1v) is 4.88. The van der Waals surface area contributed by atoms with E-state index in [0.29, 0.717) is 0 Å². The van der Waals surface area contributed by atoms with Gasteiger partial charge in [-0.1, -0.05) is 18.1 Å². The highest BCUT2D eigenvalue weighted by Gasteiger charge is 2.37. The summed E-state index contributed by atoms with van der Waals surface area (Å²) >= 11 is 0. The summed E-state index contributed by atoms with van der Waals surface area (Å²) in [6.07, 6.45) is 0.194. The molecule has 0 aliphatic heterocycles. The molecule has 0 amide bonds. The van der Waals surface area contributed by atoms with Crippen molar-refractivity contribution in [3.05, 3.63) is 22.3 Å². The predicted octanol–water partition coefficient (Wildman–Crippen LogP) is 3.15. The average Bonchev–Trinajstić information content (AvgIpc) is 2.21. The first-order chi connectivity index (χ1) is 6.30. The van der Waals surface area contributed by atoms with E-state index in [2.05, 4.69) is 13.8 Å². The van der Waals surface area contributed by atoms with Gasteiger partial charge in [0.15, 0.2) is 0 Å². The number of allylic oxidation sites excluding steroid dienone is 4. The van der Waals surface area contributed by atoms with Crippen LogP contribution in [0.15, 0.2) is 22.3 Å². The highest BCUT2D eigenvalue weighted by molar-refractivity contribution is 5.70. The first-order valence-electron chi connectivity index (χ1n) is 4.88. The van der Waals surface area contributed by atoms with Gasteiger partial charge in [0.1, 0.15) is 0 Å². The van der Waals surface area contributed by atoms with Gasteiger partial charge in [-0.2, -0.15) is 0 Å². The molecule has 2 heteroatoms. The molecular weight excluding hydrogens is 176 g/mol. The molecular formula is C12H18O2. The third-order valence-electron chi connectivity index (χ3n) is 3.85. The second-order valence-corrected chi connectivity index (χ2v) is 4.40. The number of hydrogen-bond donors (Lipinski definition) is 1. The van der Waals surface area contributed by atoms with E-state index < -0.39 is 5.97 Å². The van der Waals surface area contributed by atoms with Crippen molar-refractivity contribution in [2.45, 2.75) is 41.0 Å². The molecule has 1 aliphatic rings. The van der Waals surface area contributed by atoms with Crippen molar-refractivity contribution in [2.75, 3.05) is 0 Å². The maximum absolute atomic E-state index is 10.8. The fourth-order valence-electron chi connectivity index (χ4n) is 2.24. The van der Waals surface area contributed by atoms with Crippen LogP contribution in [0.5, 0.6) is 0 Å². The molecule has 0 aromatic carbocycles. The molecule has 0 spiro atoms. The lowest BCUT2D eigenvalue weighted by atomic mass is 9.76. The summed E-state index contributed by atoms with van der Waals surface area (Å²) < 4.78 is 0. The van der Waals surface area contributed by atoms with Gasteiger partial charge in [0.25, 0.3) is 0 Å². The van der Waals surface area contributed by atoms with Crippen LogP contribution in [0, 0.1) is 5.41 Å². The van der Waals surface area contributed by atoms with Gasteiger partial charge in [-0.3, -0.25) is 4.79 Å². The molecule has 2 nitrogen and oxygen atoms in total. The summed E-state index contributed by atoms with van der Waals surface area (Å²) in [5.41, 5.74) is 4.65. The number of carboxylic acid groups (broad SMARTS) is 1. The third-order valence-corrected chi connectivity index (χ3v) is 3.85. The predicted molar refractivity (Wildman–Crippen MR) is 57.1 cm³/mol. The minimum Gasteiger partial charge on any atom is -0.481 e. The lowest BCUT2D eigenvalue weighted by Gasteiger charge is -2.27. The Balaban J connectivity index is 3.19. The van der Waals surface area contributed by atoms with Gasteiger partial charge in [-0.25, -0.2) is 0 Å². The molecule has 14 heavy (non-hydrogen) atoms. The number of hydrogen-bond acceptors (Lipinski definition) is 1. The van der Waals surface area contributed by atoms with Crippen LogP contribution in [-0.4, -0.2) is 11.1 Å².